The van der Waals surface area contributed by atoms with Crippen LogP contribution in [-0.2, 0) is 14.2 Å². The van der Waals surface area contributed by atoms with Crippen molar-refractivity contribution >= 4 is 27.7 Å². The van der Waals surface area contributed by atoms with E-state index in [1.54, 1.807) is 6.92 Å². The molecule has 0 atom stereocenters. The summed E-state index contributed by atoms with van der Waals surface area (Å²) >= 11 is 1.15. The molecule has 2 aromatic rings. The fraction of sp³-hybridized carbons (Fsp3) is 0.478. The molecule has 11 heteroatoms. The lowest BCUT2D eigenvalue weighted by Gasteiger charge is -2.25. The van der Waals surface area contributed by atoms with Crippen LogP contribution in [0.4, 0.5) is 16.4 Å². The summed E-state index contributed by atoms with van der Waals surface area (Å²) in [6.07, 6.45) is 0. The van der Waals surface area contributed by atoms with Gasteiger partial charge in [0, 0.05) is 18.8 Å². The molecule has 0 unspecified atom stereocenters. The lowest BCUT2D eigenvalue weighted by atomic mass is 10.2. The SMILES string of the molecule is Cc1c(C#N)sc(/N=N/c2ccc(N(CCOCCO)CCOCCOCCO)cc2)c1C#N. The van der Waals surface area contributed by atoms with Gasteiger partial charge in [-0.15, -0.1) is 21.6 Å². The molecule has 0 radical (unpaired) electrons. The first kappa shape index (κ1) is 27.3. The van der Waals surface area contributed by atoms with Gasteiger partial charge in [0.1, 0.15) is 17.0 Å². The van der Waals surface area contributed by atoms with Crippen molar-refractivity contribution in [2.24, 2.45) is 10.2 Å². The third-order valence-corrected chi connectivity index (χ3v) is 5.75. The van der Waals surface area contributed by atoms with Crippen molar-refractivity contribution in [3.8, 4) is 12.1 Å². The number of azo groups is 1. The summed E-state index contributed by atoms with van der Waals surface area (Å²) in [7, 11) is 0. The van der Waals surface area contributed by atoms with Crippen molar-refractivity contribution < 1.29 is 24.4 Å². The molecule has 34 heavy (non-hydrogen) atoms. The summed E-state index contributed by atoms with van der Waals surface area (Å²) in [6, 6.07) is 11.6. The summed E-state index contributed by atoms with van der Waals surface area (Å²) < 4.78 is 16.2. The van der Waals surface area contributed by atoms with Crippen LogP contribution in [0.2, 0.25) is 0 Å². The maximum absolute atomic E-state index is 9.34. The fourth-order valence-corrected chi connectivity index (χ4v) is 3.79. The Hall–Kier alpha value is -2.90. The Bertz CT molecular complexity index is 981. The predicted octanol–water partition coefficient (Wildman–Crippen LogP) is 3.06. The van der Waals surface area contributed by atoms with E-state index in [0.717, 1.165) is 17.0 Å². The molecule has 182 valence electrons. The minimum atomic E-state index is -0.0240. The van der Waals surface area contributed by atoms with Gasteiger partial charge in [0.05, 0.1) is 64.1 Å². The van der Waals surface area contributed by atoms with Crippen LogP contribution in [-0.4, -0.2) is 76.2 Å². The Morgan fingerprint density at radius 2 is 1.44 bits per heavy atom. The van der Waals surface area contributed by atoms with E-state index in [0.29, 0.717) is 72.8 Å². The van der Waals surface area contributed by atoms with Crippen molar-refractivity contribution in [1.82, 2.24) is 0 Å². The van der Waals surface area contributed by atoms with Crippen LogP contribution in [0, 0.1) is 29.6 Å². The zero-order chi connectivity index (χ0) is 24.6. The highest BCUT2D eigenvalue weighted by atomic mass is 32.1. The number of ether oxygens (including phenoxy) is 3. The monoisotopic (exact) mass is 487 g/mol. The van der Waals surface area contributed by atoms with E-state index in [1.165, 1.54) is 0 Å². The smallest absolute Gasteiger partial charge is 0.158 e. The number of benzene rings is 1. The van der Waals surface area contributed by atoms with E-state index in [1.807, 2.05) is 24.3 Å². The zero-order valence-electron chi connectivity index (χ0n) is 19.1. The quantitative estimate of drug-likeness (QED) is 0.272. The number of nitrogens with zero attached hydrogens (tertiary/aromatic N) is 5. The molecule has 0 saturated carbocycles. The Kier molecular flexibility index (Phi) is 12.7. The molecule has 0 spiro atoms. The maximum atomic E-state index is 9.34. The highest BCUT2D eigenvalue weighted by Crippen LogP contribution is 2.35. The second-order valence-corrected chi connectivity index (χ2v) is 7.95. The third kappa shape index (κ3) is 8.80. The second-order valence-electron chi connectivity index (χ2n) is 6.95. The summed E-state index contributed by atoms with van der Waals surface area (Å²) in [5.41, 5.74) is 2.56. The number of aliphatic hydroxyl groups excluding tert-OH is 2. The summed E-state index contributed by atoms with van der Waals surface area (Å²) in [6.45, 7) is 5.32. The highest BCUT2D eigenvalue weighted by molar-refractivity contribution is 7.16. The lowest BCUT2D eigenvalue weighted by molar-refractivity contribution is 0.0347. The van der Waals surface area contributed by atoms with E-state index >= 15 is 0 Å². The number of anilines is 1. The molecular formula is C23H29N5O5S. The van der Waals surface area contributed by atoms with Crippen molar-refractivity contribution in [3.05, 3.63) is 40.3 Å². The number of hydrogen-bond acceptors (Lipinski definition) is 11. The van der Waals surface area contributed by atoms with Gasteiger partial charge in [-0.2, -0.15) is 10.5 Å². The first-order valence-electron chi connectivity index (χ1n) is 10.8. The Morgan fingerprint density at radius 3 is 2.00 bits per heavy atom. The van der Waals surface area contributed by atoms with E-state index in [9.17, 15) is 5.26 Å². The van der Waals surface area contributed by atoms with E-state index in [4.69, 9.17) is 29.7 Å². The van der Waals surface area contributed by atoms with Gasteiger partial charge in [0.2, 0.25) is 0 Å². The Balaban J connectivity index is 2.00. The normalized spacial score (nSPS) is 11.0. The van der Waals surface area contributed by atoms with Crippen molar-refractivity contribution in [2.75, 3.05) is 70.8 Å². The Morgan fingerprint density at radius 1 is 0.853 bits per heavy atom. The first-order valence-corrected chi connectivity index (χ1v) is 11.6. The molecule has 1 aromatic heterocycles. The van der Waals surface area contributed by atoms with Crippen molar-refractivity contribution in [2.45, 2.75) is 6.92 Å². The van der Waals surface area contributed by atoms with Gasteiger partial charge in [-0.1, -0.05) is 0 Å². The molecule has 0 aliphatic rings. The molecule has 0 saturated heterocycles. The molecule has 0 fully saturated rings. The van der Waals surface area contributed by atoms with Gasteiger partial charge in [-0.05, 0) is 36.8 Å². The molecule has 10 nitrogen and oxygen atoms in total. The maximum Gasteiger partial charge on any atom is 0.158 e. The molecule has 0 aliphatic carbocycles. The predicted molar refractivity (Wildman–Crippen MR) is 128 cm³/mol. The minimum absolute atomic E-state index is 0.00939. The summed E-state index contributed by atoms with van der Waals surface area (Å²) in [4.78, 5) is 2.56. The number of aliphatic hydroxyl groups is 2. The molecule has 1 heterocycles. The van der Waals surface area contributed by atoms with Gasteiger partial charge in [0.25, 0.3) is 0 Å². The average Bonchev–Trinajstić information content (AvgIpc) is 3.18. The van der Waals surface area contributed by atoms with Crippen LogP contribution in [0.5, 0.6) is 0 Å². The molecule has 1 aromatic carbocycles. The fourth-order valence-electron chi connectivity index (χ4n) is 2.91. The number of hydrogen-bond donors (Lipinski definition) is 2. The first-order chi connectivity index (χ1) is 16.6. The van der Waals surface area contributed by atoms with Crippen LogP contribution in [0.3, 0.4) is 0 Å². The largest absolute Gasteiger partial charge is 0.394 e. The average molecular weight is 488 g/mol. The van der Waals surface area contributed by atoms with E-state index < -0.39 is 0 Å². The molecule has 0 bridgehead atoms. The van der Waals surface area contributed by atoms with Crippen LogP contribution in [0.15, 0.2) is 34.5 Å². The second kappa shape index (κ2) is 15.9. The number of nitriles is 2. The molecule has 0 amide bonds. The van der Waals surface area contributed by atoms with Crippen LogP contribution in [0.25, 0.3) is 0 Å². The molecule has 0 aliphatic heterocycles. The molecule has 2 rings (SSSR count). The minimum Gasteiger partial charge on any atom is -0.394 e. The topological polar surface area (TPSA) is 144 Å². The number of rotatable bonds is 16. The standard InChI is InChI=1S/C23H29N5O5S/c1-18-21(16-24)23(34-22(18)17-25)27-26-19-2-4-20(5-3-19)28(6-10-31-12-8-29)7-11-32-14-15-33-13-9-30/h2-5,29-30H,6-15H2,1H3/b27-26+. The van der Waals surface area contributed by atoms with Crippen LogP contribution in [0.1, 0.15) is 16.0 Å². The molecule has 2 N–H and O–H groups in total. The summed E-state index contributed by atoms with van der Waals surface area (Å²) in [5, 5.41) is 44.9. The van der Waals surface area contributed by atoms with Gasteiger partial charge in [0.15, 0.2) is 5.00 Å². The van der Waals surface area contributed by atoms with Gasteiger partial charge in [-0.3, -0.25) is 0 Å². The summed E-state index contributed by atoms with van der Waals surface area (Å²) in [5.74, 6) is 0. The van der Waals surface area contributed by atoms with Gasteiger partial charge >= 0.3 is 0 Å². The van der Waals surface area contributed by atoms with Crippen LogP contribution >= 0.6 is 11.3 Å². The van der Waals surface area contributed by atoms with E-state index in [2.05, 4.69) is 27.3 Å². The van der Waals surface area contributed by atoms with Gasteiger partial charge in [-0.25, -0.2) is 0 Å². The van der Waals surface area contributed by atoms with E-state index in [-0.39, 0.29) is 19.8 Å². The highest BCUT2D eigenvalue weighted by Gasteiger charge is 2.14. The lowest BCUT2D eigenvalue weighted by Crippen LogP contribution is -2.31. The molecular weight excluding hydrogens is 458 g/mol. The van der Waals surface area contributed by atoms with Gasteiger partial charge < -0.3 is 29.3 Å². The Labute approximate surface area is 203 Å². The zero-order valence-corrected chi connectivity index (χ0v) is 20.0. The third-order valence-electron chi connectivity index (χ3n) is 4.67. The number of thiophene rings is 1. The van der Waals surface area contributed by atoms with Crippen molar-refractivity contribution in [3.63, 3.8) is 0 Å². The van der Waals surface area contributed by atoms with Crippen LogP contribution < -0.4 is 4.90 Å². The van der Waals surface area contributed by atoms with Crippen molar-refractivity contribution in [1.29, 1.82) is 10.5 Å².